The van der Waals surface area contributed by atoms with Crippen molar-refractivity contribution in [3.05, 3.63) is 65.7 Å². The van der Waals surface area contributed by atoms with E-state index in [2.05, 4.69) is 0 Å². The Bertz CT molecular complexity index is 658. The van der Waals surface area contributed by atoms with Gasteiger partial charge in [0.2, 0.25) is 0 Å². The smallest absolute Gasteiger partial charge is 0.258 e. The number of hydrogen-bond acceptors (Lipinski definition) is 2. The van der Waals surface area contributed by atoms with E-state index in [1.165, 1.54) is 6.42 Å². The minimum Gasteiger partial charge on any atom is -0.305 e. The van der Waals surface area contributed by atoms with Gasteiger partial charge in [-0.25, -0.2) is 0 Å². The zero-order valence-corrected chi connectivity index (χ0v) is 13.2. The van der Waals surface area contributed by atoms with Crippen LogP contribution in [0.3, 0.4) is 0 Å². The molecule has 1 aliphatic rings. The molecule has 3 nitrogen and oxygen atoms in total. The molecule has 0 saturated heterocycles. The van der Waals surface area contributed by atoms with Gasteiger partial charge >= 0.3 is 0 Å². The van der Waals surface area contributed by atoms with E-state index >= 15 is 0 Å². The van der Waals surface area contributed by atoms with E-state index in [0.717, 1.165) is 37.7 Å². The number of carbonyl (C=O) groups is 2. The molecule has 0 bridgehead atoms. The molecule has 3 heteroatoms. The standard InChI is InChI=1S/C20H21NO2/c22-15-16-11-13-19(14-12-16)21(18-9-5-2-6-10-18)20(23)17-7-3-1-4-8-17/h1,3-4,7-8,11-15,18H,2,5-6,9-10H2. The lowest BCUT2D eigenvalue weighted by atomic mass is 9.93. The molecule has 0 atom stereocenters. The number of nitrogens with zero attached hydrogens (tertiary/aromatic N) is 1. The number of anilines is 1. The highest BCUT2D eigenvalue weighted by Crippen LogP contribution is 2.29. The van der Waals surface area contributed by atoms with Crippen LogP contribution >= 0.6 is 0 Å². The van der Waals surface area contributed by atoms with E-state index in [1.807, 2.05) is 47.4 Å². The lowest BCUT2D eigenvalue weighted by Gasteiger charge is -2.34. The largest absolute Gasteiger partial charge is 0.305 e. The van der Waals surface area contributed by atoms with E-state index in [-0.39, 0.29) is 11.9 Å². The van der Waals surface area contributed by atoms with Gasteiger partial charge in [-0.1, -0.05) is 37.5 Å². The number of amides is 1. The van der Waals surface area contributed by atoms with Crippen molar-refractivity contribution in [1.82, 2.24) is 0 Å². The lowest BCUT2D eigenvalue weighted by molar-refractivity contribution is 0.0970. The average molecular weight is 307 g/mol. The topological polar surface area (TPSA) is 37.4 Å². The minimum atomic E-state index is 0.0383. The van der Waals surface area contributed by atoms with Crippen LogP contribution < -0.4 is 4.90 Å². The Hall–Kier alpha value is -2.42. The Morgan fingerprint density at radius 2 is 1.57 bits per heavy atom. The van der Waals surface area contributed by atoms with E-state index < -0.39 is 0 Å². The van der Waals surface area contributed by atoms with E-state index in [1.54, 1.807) is 12.1 Å². The van der Waals surface area contributed by atoms with Gasteiger partial charge in [0.1, 0.15) is 6.29 Å². The Kier molecular flexibility index (Phi) is 4.86. The molecule has 0 aromatic heterocycles. The van der Waals surface area contributed by atoms with Crippen LogP contribution in [0.25, 0.3) is 0 Å². The van der Waals surface area contributed by atoms with Crippen molar-refractivity contribution in [1.29, 1.82) is 0 Å². The Morgan fingerprint density at radius 3 is 2.17 bits per heavy atom. The molecule has 0 N–H and O–H groups in total. The third-order valence-electron chi connectivity index (χ3n) is 4.49. The van der Waals surface area contributed by atoms with Gasteiger partial charge in [-0.05, 0) is 49.2 Å². The normalized spacial score (nSPS) is 15.1. The fourth-order valence-corrected chi connectivity index (χ4v) is 3.27. The van der Waals surface area contributed by atoms with Crippen LogP contribution in [0.4, 0.5) is 5.69 Å². The molecule has 1 amide bonds. The molecule has 2 aromatic rings. The van der Waals surface area contributed by atoms with Crippen LogP contribution in [-0.4, -0.2) is 18.2 Å². The Labute approximate surface area is 136 Å². The fourth-order valence-electron chi connectivity index (χ4n) is 3.27. The quantitative estimate of drug-likeness (QED) is 0.781. The number of rotatable bonds is 4. The predicted molar refractivity (Wildman–Crippen MR) is 92.0 cm³/mol. The van der Waals surface area contributed by atoms with Gasteiger partial charge in [0, 0.05) is 22.9 Å². The molecule has 1 saturated carbocycles. The third-order valence-corrected chi connectivity index (χ3v) is 4.49. The maximum atomic E-state index is 13.1. The minimum absolute atomic E-state index is 0.0383. The Morgan fingerprint density at radius 1 is 0.913 bits per heavy atom. The van der Waals surface area contributed by atoms with Crippen molar-refractivity contribution < 1.29 is 9.59 Å². The zero-order valence-electron chi connectivity index (χ0n) is 13.2. The molecule has 0 aliphatic heterocycles. The van der Waals surface area contributed by atoms with Crippen molar-refractivity contribution in [2.24, 2.45) is 0 Å². The summed E-state index contributed by atoms with van der Waals surface area (Å²) in [6.07, 6.45) is 6.47. The number of benzene rings is 2. The molecule has 3 rings (SSSR count). The Balaban J connectivity index is 1.95. The molecular formula is C20H21NO2. The highest BCUT2D eigenvalue weighted by atomic mass is 16.2. The highest BCUT2D eigenvalue weighted by molar-refractivity contribution is 6.06. The van der Waals surface area contributed by atoms with Gasteiger partial charge in [0.05, 0.1) is 0 Å². The zero-order chi connectivity index (χ0) is 16.1. The number of carbonyl (C=O) groups excluding carboxylic acids is 2. The van der Waals surface area contributed by atoms with Gasteiger partial charge in [-0.2, -0.15) is 0 Å². The molecule has 0 unspecified atom stereocenters. The van der Waals surface area contributed by atoms with E-state index in [9.17, 15) is 9.59 Å². The van der Waals surface area contributed by atoms with Gasteiger partial charge in [0.25, 0.3) is 5.91 Å². The SMILES string of the molecule is O=Cc1ccc(N(C(=O)c2ccccc2)C2CCCCC2)cc1. The molecule has 1 fully saturated rings. The molecule has 118 valence electrons. The second kappa shape index (κ2) is 7.23. The fraction of sp³-hybridized carbons (Fsp3) is 0.300. The highest BCUT2D eigenvalue weighted by Gasteiger charge is 2.27. The van der Waals surface area contributed by atoms with Gasteiger partial charge in [-0.15, -0.1) is 0 Å². The van der Waals surface area contributed by atoms with Crippen LogP contribution in [0.5, 0.6) is 0 Å². The van der Waals surface area contributed by atoms with Crippen LogP contribution in [0.15, 0.2) is 54.6 Å². The number of aldehydes is 1. The van der Waals surface area contributed by atoms with Crippen LogP contribution in [-0.2, 0) is 0 Å². The summed E-state index contributed by atoms with van der Waals surface area (Å²) in [5.41, 5.74) is 2.21. The van der Waals surface area contributed by atoms with Crippen LogP contribution in [0.1, 0.15) is 52.8 Å². The van der Waals surface area contributed by atoms with Gasteiger partial charge in [-0.3, -0.25) is 9.59 Å². The predicted octanol–water partition coefficient (Wildman–Crippen LogP) is 4.48. The van der Waals surface area contributed by atoms with Crippen molar-refractivity contribution in [3.63, 3.8) is 0 Å². The second-order valence-corrected chi connectivity index (χ2v) is 6.04. The van der Waals surface area contributed by atoms with Crippen molar-refractivity contribution in [2.75, 3.05) is 4.90 Å². The summed E-state index contributed by atoms with van der Waals surface area (Å²) in [6.45, 7) is 0. The van der Waals surface area contributed by atoms with Crippen molar-refractivity contribution in [3.8, 4) is 0 Å². The third kappa shape index (κ3) is 3.50. The van der Waals surface area contributed by atoms with Crippen LogP contribution in [0, 0.1) is 0 Å². The summed E-state index contributed by atoms with van der Waals surface area (Å²) < 4.78 is 0. The first-order chi connectivity index (χ1) is 11.3. The maximum absolute atomic E-state index is 13.1. The first-order valence-corrected chi connectivity index (χ1v) is 8.23. The number of hydrogen-bond donors (Lipinski definition) is 0. The van der Waals surface area contributed by atoms with Crippen molar-refractivity contribution >= 4 is 17.9 Å². The summed E-state index contributed by atoms with van der Waals surface area (Å²) >= 11 is 0. The summed E-state index contributed by atoms with van der Waals surface area (Å²) in [6, 6.07) is 16.9. The van der Waals surface area contributed by atoms with Gasteiger partial charge < -0.3 is 4.90 Å². The average Bonchev–Trinajstić information content (AvgIpc) is 2.64. The summed E-state index contributed by atoms with van der Waals surface area (Å²) in [5.74, 6) is 0.0383. The molecule has 0 radical (unpaired) electrons. The summed E-state index contributed by atoms with van der Waals surface area (Å²) in [4.78, 5) is 25.8. The first kappa shape index (κ1) is 15.5. The molecule has 0 spiro atoms. The molecular weight excluding hydrogens is 286 g/mol. The maximum Gasteiger partial charge on any atom is 0.258 e. The lowest BCUT2D eigenvalue weighted by Crippen LogP contribution is -2.41. The van der Waals surface area contributed by atoms with E-state index in [0.29, 0.717) is 11.1 Å². The molecule has 2 aromatic carbocycles. The second-order valence-electron chi connectivity index (χ2n) is 6.04. The summed E-state index contributed by atoms with van der Waals surface area (Å²) in [7, 11) is 0. The molecule has 23 heavy (non-hydrogen) atoms. The monoisotopic (exact) mass is 307 g/mol. The van der Waals surface area contributed by atoms with Crippen LogP contribution in [0.2, 0.25) is 0 Å². The summed E-state index contributed by atoms with van der Waals surface area (Å²) in [5, 5.41) is 0. The van der Waals surface area contributed by atoms with Crippen molar-refractivity contribution in [2.45, 2.75) is 38.1 Å². The molecule has 0 heterocycles. The first-order valence-electron chi connectivity index (χ1n) is 8.23. The molecule has 1 aliphatic carbocycles. The van der Waals surface area contributed by atoms with Gasteiger partial charge in [0.15, 0.2) is 0 Å². The van der Waals surface area contributed by atoms with E-state index in [4.69, 9.17) is 0 Å².